The van der Waals surface area contributed by atoms with E-state index in [0.717, 1.165) is 48.7 Å². The predicted octanol–water partition coefficient (Wildman–Crippen LogP) is 5.35. The third kappa shape index (κ3) is 4.01. The van der Waals surface area contributed by atoms with E-state index in [1.54, 1.807) is 14.2 Å². The molecule has 0 spiro atoms. The maximum Gasteiger partial charge on any atom is 0.127 e. The van der Waals surface area contributed by atoms with Crippen molar-refractivity contribution < 1.29 is 9.47 Å². The Kier molecular flexibility index (Phi) is 6.61. The van der Waals surface area contributed by atoms with Gasteiger partial charge in [-0.3, -0.25) is 4.90 Å². The zero-order chi connectivity index (χ0) is 18.6. The number of benzene rings is 3. The van der Waals surface area contributed by atoms with E-state index < -0.39 is 0 Å². The van der Waals surface area contributed by atoms with Crippen LogP contribution in [0.2, 0.25) is 0 Å². The second-order valence-electron chi connectivity index (χ2n) is 6.93. The highest BCUT2D eigenvalue weighted by Gasteiger charge is 2.24. The summed E-state index contributed by atoms with van der Waals surface area (Å²) < 4.78 is 11.4. The summed E-state index contributed by atoms with van der Waals surface area (Å²) in [5.41, 5.74) is 6.35. The first-order valence-corrected chi connectivity index (χ1v) is 9.38. The first-order chi connectivity index (χ1) is 13.3. The average Bonchev–Trinajstić information content (AvgIpc) is 2.73. The lowest BCUT2D eigenvalue weighted by Gasteiger charge is -2.31. The van der Waals surface area contributed by atoms with E-state index in [1.807, 2.05) is 12.1 Å². The van der Waals surface area contributed by atoms with Crippen molar-refractivity contribution in [2.24, 2.45) is 0 Å². The van der Waals surface area contributed by atoms with E-state index in [1.165, 1.54) is 16.7 Å². The molecule has 3 aromatic carbocycles. The average molecular weight is 396 g/mol. The van der Waals surface area contributed by atoms with Gasteiger partial charge in [0.15, 0.2) is 0 Å². The lowest BCUT2D eigenvalue weighted by Crippen LogP contribution is -2.30. The molecule has 0 atom stereocenters. The molecule has 4 heteroatoms. The highest BCUT2D eigenvalue weighted by atomic mass is 35.5. The van der Waals surface area contributed by atoms with Gasteiger partial charge in [0, 0.05) is 30.8 Å². The van der Waals surface area contributed by atoms with Gasteiger partial charge in [-0.15, -0.1) is 12.4 Å². The smallest absolute Gasteiger partial charge is 0.127 e. The van der Waals surface area contributed by atoms with Crippen LogP contribution >= 0.6 is 12.4 Å². The van der Waals surface area contributed by atoms with Crippen molar-refractivity contribution in [2.45, 2.75) is 19.5 Å². The maximum atomic E-state index is 5.74. The Morgan fingerprint density at radius 2 is 1.54 bits per heavy atom. The predicted molar refractivity (Wildman–Crippen MR) is 116 cm³/mol. The fraction of sp³-hybridized carbons (Fsp3) is 0.250. The summed E-state index contributed by atoms with van der Waals surface area (Å²) >= 11 is 0. The number of nitrogens with zero attached hydrogens (tertiary/aromatic N) is 1. The lowest BCUT2D eigenvalue weighted by atomic mass is 9.89. The molecule has 1 aliphatic heterocycles. The zero-order valence-electron chi connectivity index (χ0n) is 16.4. The topological polar surface area (TPSA) is 21.7 Å². The fourth-order valence-electron chi connectivity index (χ4n) is 3.96. The van der Waals surface area contributed by atoms with Crippen LogP contribution in [0, 0.1) is 0 Å². The number of hydrogen-bond donors (Lipinski definition) is 0. The van der Waals surface area contributed by atoms with E-state index in [9.17, 15) is 0 Å². The Labute approximate surface area is 173 Å². The first-order valence-electron chi connectivity index (χ1n) is 9.38. The van der Waals surface area contributed by atoms with Crippen molar-refractivity contribution in [3.8, 4) is 22.6 Å². The van der Waals surface area contributed by atoms with Crippen LogP contribution in [-0.2, 0) is 19.5 Å². The highest BCUT2D eigenvalue weighted by molar-refractivity contribution is 5.85. The van der Waals surface area contributed by atoms with Gasteiger partial charge in [-0.25, -0.2) is 0 Å². The SMILES string of the molecule is COc1ccccc1-c1c(OC)ccc2c1CN(Cc1ccccc1)CC2.Cl. The fourth-order valence-corrected chi connectivity index (χ4v) is 3.96. The van der Waals surface area contributed by atoms with Gasteiger partial charge in [-0.1, -0.05) is 54.6 Å². The van der Waals surface area contributed by atoms with E-state index >= 15 is 0 Å². The molecule has 0 aromatic heterocycles. The molecule has 146 valence electrons. The number of ether oxygens (including phenoxy) is 2. The maximum absolute atomic E-state index is 5.74. The van der Waals surface area contributed by atoms with Crippen LogP contribution in [0.1, 0.15) is 16.7 Å². The van der Waals surface area contributed by atoms with Crippen LogP contribution in [0.15, 0.2) is 66.7 Å². The van der Waals surface area contributed by atoms with Crippen molar-refractivity contribution in [3.63, 3.8) is 0 Å². The molecule has 1 aliphatic rings. The molecule has 0 saturated heterocycles. The van der Waals surface area contributed by atoms with Crippen LogP contribution in [-0.4, -0.2) is 25.7 Å². The van der Waals surface area contributed by atoms with E-state index in [2.05, 4.69) is 59.5 Å². The van der Waals surface area contributed by atoms with Crippen LogP contribution < -0.4 is 9.47 Å². The molecular weight excluding hydrogens is 370 g/mol. The van der Waals surface area contributed by atoms with E-state index in [-0.39, 0.29) is 12.4 Å². The number of methoxy groups -OCH3 is 2. The Bertz CT molecular complexity index is 927. The van der Waals surface area contributed by atoms with Crippen LogP contribution in [0.4, 0.5) is 0 Å². The molecule has 28 heavy (non-hydrogen) atoms. The summed E-state index contributed by atoms with van der Waals surface area (Å²) in [6.07, 6.45) is 1.05. The molecular formula is C24H26ClNO2. The third-order valence-electron chi connectivity index (χ3n) is 5.30. The summed E-state index contributed by atoms with van der Waals surface area (Å²) in [7, 11) is 3.47. The van der Waals surface area contributed by atoms with E-state index in [4.69, 9.17) is 9.47 Å². The zero-order valence-corrected chi connectivity index (χ0v) is 17.2. The molecule has 0 radical (unpaired) electrons. The Morgan fingerprint density at radius 3 is 2.29 bits per heavy atom. The lowest BCUT2D eigenvalue weighted by molar-refractivity contribution is 0.245. The monoisotopic (exact) mass is 395 g/mol. The van der Waals surface area contributed by atoms with Crippen molar-refractivity contribution >= 4 is 12.4 Å². The summed E-state index contributed by atoms with van der Waals surface area (Å²) in [5, 5.41) is 0. The molecule has 0 fully saturated rings. The number of halogens is 1. The van der Waals surface area contributed by atoms with Crippen LogP contribution in [0.25, 0.3) is 11.1 Å². The van der Waals surface area contributed by atoms with Crippen LogP contribution in [0.3, 0.4) is 0 Å². The number of rotatable bonds is 5. The van der Waals surface area contributed by atoms with Gasteiger partial charge in [-0.2, -0.15) is 0 Å². The minimum atomic E-state index is 0. The molecule has 0 unspecified atom stereocenters. The molecule has 0 amide bonds. The quantitative estimate of drug-likeness (QED) is 0.581. The van der Waals surface area contributed by atoms with Gasteiger partial charge in [0.05, 0.1) is 14.2 Å². The number of hydrogen-bond acceptors (Lipinski definition) is 3. The third-order valence-corrected chi connectivity index (χ3v) is 5.30. The minimum absolute atomic E-state index is 0. The summed E-state index contributed by atoms with van der Waals surface area (Å²) in [4.78, 5) is 2.51. The summed E-state index contributed by atoms with van der Waals surface area (Å²) in [6.45, 7) is 2.94. The van der Waals surface area contributed by atoms with Crippen molar-refractivity contribution in [1.82, 2.24) is 4.90 Å². The molecule has 0 N–H and O–H groups in total. The second kappa shape index (κ2) is 9.13. The summed E-state index contributed by atoms with van der Waals surface area (Å²) in [5.74, 6) is 1.78. The molecule has 3 aromatic rings. The van der Waals surface area contributed by atoms with Gasteiger partial charge in [-0.05, 0) is 35.2 Å². The van der Waals surface area contributed by atoms with Gasteiger partial charge >= 0.3 is 0 Å². The van der Waals surface area contributed by atoms with E-state index in [0.29, 0.717) is 0 Å². The second-order valence-corrected chi connectivity index (χ2v) is 6.93. The van der Waals surface area contributed by atoms with Crippen molar-refractivity contribution in [3.05, 3.63) is 83.4 Å². The van der Waals surface area contributed by atoms with Crippen molar-refractivity contribution in [2.75, 3.05) is 20.8 Å². The van der Waals surface area contributed by atoms with Crippen LogP contribution in [0.5, 0.6) is 11.5 Å². The molecule has 0 bridgehead atoms. The number of para-hydroxylation sites is 1. The van der Waals surface area contributed by atoms with Gasteiger partial charge < -0.3 is 9.47 Å². The molecule has 0 saturated carbocycles. The number of fused-ring (bicyclic) bond motifs is 1. The largest absolute Gasteiger partial charge is 0.496 e. The molecule has 3 nitrogen and oxygen atoms in total. The highest BCUT2D eigenvalue weighted by Crippen LogP contribution is 2.42. The normalized spacial score (nSPS) is 13.4. The standard InChI is InChI=1S/C24H25NO2.ClH/c1-26-22-11-7-6-10-20(22)24-21-17-25(16-18-8-4-3-5-9-18)15-14-19(21)12-13-23(24)27-2;/h3-13H,14-17H2,1-2H3;1H. The minimum Gasteiger partial charge on any atom is -0.496 e. The van der Waals surface area contributed by atoms with Crippen molar-refractivity contribution in [1.29, 1.82) is 0 Å². The molecule has 0 aliphatic carbocycles. The Hall–Kier alpha value is -2.49. The first kappa shape index (κ1) is 20.2. The molecule has 4 rings (SSSR count). The Morgan fingerprint density at radius 1 is 0.821 bits per heavy atom. The van der Waals surface area contributed by atoms with Gasteiger partial charge in [0.2, 0.25) is 0 Å². The van der Waals surface area contributed by atoms with Gasteiger partial charge in [0.25, 0.3) is 0 Å². The summed E-state index contributed by atoms with van der Waals surface area (Å²) in [6, 6.07) is 23.2. The Balaban J connectivity index is 0.00000225. The van der Waals surface area contributed by atoms with Gasteiger partial charge in [0.1, 0.15) is 11.5 Å². The molecule has 1 heterocycles.